The van der Waals surface area contributed by atoms with Crippen LogP contribution in [0, 0.1) is 5.82 Å². The third-order valence-electron chi connectivity index (χ3n) is 4.47. The van der Waals surface area contributed by atoms with Crippen LogP contribution in [-0.2, 0) is 10.0 Å². The Morgan fingerprint density at radius 2 is 1.52 bits per heavy atom. The summed E-state index contributed by atoms with van der Waals surface area (Å²) < 4.78 is 38.6. The molecule has 0 bridgehead atoms. The first kappa shape index (κ1) is 21.1. The number of anilines is 1. The molecule has 154 valence electrons. The van der Waals surface area contributed by atoms with E-state index in [1.807, 2.05) is 0 Å². The largest absolute Gasteiger partial charge is 0.335 e. The number of benzene rings is 2. The summed E-state index contributed by atoms with van der Waals surface area (Å²) in [7, 11) is -3.53. The lowest BCUT2D eigenvalue weighted by molar-refractivity contribution is 0.0536. The van der Waals surface area contributed by atoms with E-state index in [1.54, 1.807) is 28.0 Å². The van der Waals surface area contributed by atoms with E-state index in [0.29, 0.717) is 0 Å². The molecule has 0 aliphatic carbocycles. The van der Waals surface area contributed by atoms with Crippen LogP contribution in [0.2, 0.25) is 5.02 Å². The van der Waals surface area contributed by atoms with Crippen molar-refractivity contribution in [3.63, 3.8) is 0 Å². The van der Waals surface area contributed by atoms with Crippen LogP contribution in [0.4, 0.5) is 10.1 Å². The summed E-state index contributed by atoms with van der Waals surface area (Å²) in [6.45, 7) is 1.10. The van der Waals surface area contributed by atoms with Crippen molar-refractivity contribution in [2.24, 2.45) is 0 Å². The number of hydrogen-bond donors (Lipinski definition) is 1. The number of nitrogens with zero attached hydrogens (tertiary/aromatic N) is 2. The van der Waals surface area contributed by atoms with Crippen molar-refractivity contribution >= 4 is 39.1 Å². The van der Waals surface area contributed by atoms with E-state index in [1.165, 1.54) is 18.2 Å². The van der Waals surface area contributed by atoms with Crippen molar-refractivity contribution in [3.05, 3.63) is 64.4 Å². The summed E-state index contributed by atoms with van der Waals surface area (Å²) in [6, 6.07) is 9.94. The van der Waals surface area contributed by atoms with E-state index >= 15 is 0 Å². The minimum atomic E-state index is -3.53. The molecule has 0 spiro atoms. The molecule has 1 aliphatic heterocycles. The van der Waals surface area contributed by atoms with E-state index in [4.69, 9.17) is 11.6 Å². The van der Waals surface area contributed by atoms with Gasteiger partial charge in [0, 0.05) is 26.2 Å². The molecule has 1 aliphatic rings. The molecule has 0 aromatic heterocycles. The molecule has 0 unspecified atom stereocenters. The lowest BCUT2D eigenvalue weighted by atomic mass is 10.1. The van der Waals surface area contributed by atoms with Gasteiger partial charge in [0.1, 0.15) is 5.82 Å². The number of halogens is 2. The third-order valence-corrected chi connectivity index (χ3v) is 5.37. The number of hydrogen-bond acceptors (Lipinski definition) is 4. The Morgan fingerprint density at radius 1 is 0.966 bits per heavy atom. The highest BCUT2D eigenvalue weighted by Gasteiger charge is 2.27. The fourth-order valence-electron chi connectivity index (χ4n) is 3.07. The lowest BCUT2D eigenvalue weighted by Gasteiger charge is -2.35. The Labute approximate surface area is 173 Å². The SMILES string of the molecule is CS(=O)(=O)Nc1ccccc1C(=O)N1CCN(C(=O)c2ccc(F)cc2Cl)CC1. The Hall–Kier alpha value is -2.65. The first-order valence-corrected chi connectivity index (χ1v) is 11.0. The molecule has 7 nitrogen and oxygen atoms in total. The van der Waals surface area contributed by atoms with Crippen LogP contribution in [0.1, 0.15) is 20.7 Å². The maximum atomic E-state index is 13.2. The molecule has 29 heavy (non-hydrogen) atoms. The molecule has 1 saturated heterocycles. The van der Waals surface area contributed by atoms with Crippen LogP contribution >= 0.6 is 11.6 Å². The summed E-state index contributed by atoms with van der Waals surface area (Å²) in [5, 5.41) is 0.0364. The van der Waals surface area contributed by atoms with Gasteiger partial charge < -0.3 is 9.80 Å². The zero-order valence-corrected chi connectivity index (χ0v) is 17.1. The molecular weight excluding hydrogens is 421 g/mol. The number of sulfonamides is 1. The minimum Gasteiger partial charge on any atom is -0.335 e. The summed E-state index contributed by atoms with van der Waals surface area (Å²) in [5.74, 6) is -1.19. The van der Waals surface area contributed by atoms with Crippen LogP contribution in [0.25, 0.3) is 0 Å². The molecule has 1 fully saturated rings. The molecule has 1 heterocycles. The van der Waals surface area contributed by atoms with Crippen molar-refractivity contribution < 1.29 is 22.4 Å². The van der Waals surface area contributed by atoms with Crippen LogP contribution in [-0.4, -0.2) is 62.5 Å². The van der Waals surface area contributed by atoms with Crippen molar-refractivity contribution in [2.75, 3.05) is 37.2 Å². The van der Waals surface area contributed by atoms with E-state index in [0.717, 1.165) is 12.3 Å². The first-order valence-electron chi connectivity index (χ1n) is 8.76. The lowest BCUT2D eigenvalue weighted by Crippen LogP contribution is -2.50. The number of carbonyl (C=O) groups is 2. The van der Waals surface area contributed by atoms with Gasteiger partial charge in [-0.05, 0) is 30.3 Å². The Morgan fingerprint density at radius 3 is 2.07 bits per heavy atom. The second kappa shape index (κ2) is 8.38. The van der Waals surface area contributed by atoms with Gasteiger partial charge >= 0.3 is 0 Å². The highest BCUT2D eigenvalue weighted by atomic mass is 35.5. The van der Waals surface area contributed by atoms with Crippen LogP contribution < -0.4 is 4.72 Å². The van der Waals surface area contributed by atoms with Gasteiger partial charge in [-0.15, -0.1) is 0 Å². The highest BCUT2D eigenvalue weighted by molar-refractivity contribution is 7.92. The maximum absolute atomic E-state index is 13.2. The Bertz CT molecular complexity index is 1050. The van der Waals surface area contributed by atoms with Crippen molar-refractivity contribution in [1.82, 2.24) is 9.80 Å². The van der Waals surface area contributed by atoms with Crippen molar-refractivity contribution in [1.29, 1.82) is 0 Å². The molecule has 2 aromatic carbocycles. The van der Waals surface area contributed by atoms with Gasteiger partial charge in [-0.3, -0.25) is 14.3 Å². The van der Waals surface area contributed by atoms with E-state index in [2.05, 4.69) is 4.72 Å². The van der Waals surface area contributed by atoms with Gasteiger partial charge in [-0.2, -0.15) is 0 Å². The van der Waals surface area contributed by atoms with Crippen LogP contribution in [0.5, 0.6) is 0 Å². The number of piperazine rings is 1. The Balaban J connectivity index is 1.70. The van der Waals surface area contributed by atoms with E-state index in [9.17, 15) is 22.4 Å². The molecule has 0 saturated carbocycles. The fraction of sp³-hybridized carbons (Fsp3) is 0.263. The minimum absolute atomic E-state index is 0.0364. The molecule has 3 rings (SSSR count). The van der Waals surface area contributed by atoms with Gasteiger partial charge in [0.15, 0.2) is 0 Å². The number of carbonyl (C=O) groups excluding carboxylic acids is 2. The van der Waals surface area contributed by atoms with Gasteiger partial charge in [-0.25, -0.2) is 12.8 Å². The predicted octanol–water partition coefficient (Wildman–Crippen LogP) is 2.45. The zero-order chi connectivity index (χ0) is 21.2. The molecule has 0 atom stereocenters. The van der Waals surface area contributed by atoms with Crippen molar-refractivity contribution in [3.8, 4) is 0 Å². The summed E-state index contributed by atoms with van der Waals surface area (Å²) in [5.41, 5.74) is 0.645. The summed E-state index contributed by atoms with van der Waals surface area (Å²) in [6.07, 6.45) is 1.01. The third kappa shape index (κ3) is 5.04. The van der Waals surface area contributed by atoms with Gasteiger partial charge in [0.2, 0.25) is 10.0 Å². The van der Waals surface area contributed by atoms with E-state index in [-0.39, 0.29) is 59.8 Å². The van der Waals surface area contributed by atoms with Crippen molar-refractivity contribution in [2.45, 2.75) is 0 Å². The number of nitrogens with one attached hydrogen (secondary N) is 1. The summed E-state index contributed by atoms with van der Waals surface area (Å²) >= 11 is 5.96. The predicted molar refractivity (Wildman–Crippen MR) is 108 cm³/mol. The summed E-state index contributed by atoms with van der Waals surface area (Å²) in [4.78, 5) is 28.6. The normalized spacial score (nSPS) is 14.6. The molecule has 2 aromatic rings. The first-order chi connectivity index (χ1) is 13.7. The second-order valence-corrected chi connectivity index (χ2v) is 8.78. The smallest absolute Gasteiger partial charge is 0.256 e. The van der Waals surface area contributed by atoms with Crippen LogP contribution in [0.15, 0.2) is 42.5 Å². The molecule has 2 amide bonds. The molecular formula is C19H19ClFN3O4S. The average Bonchev–Trinajstić information content (AvgIpc) is 2.66. The number of para-hydroxylation sites is 1. The highest BCUT2D eigenvalue weighted by Crippen LogP contribution is 2.22. The number of rotatable bonds is 4. The Kier molecular flexibility index (Phi) is 6.09. The average molecular weight is 440 g/mol. The second-order valence-electron chi connectivity index (χ2n) is 6.63. The molecule has 0 radical (unpaired) electrons. The molecule has 1 N–H and O–H groups in total. The zero-order valence-electron chi connectivity index (χ0n) is 15.6. The maximum Gasteiger partial charge on any atom is 0.256 e. The fourth-order valence-corrected chi connectivity index (χ4v) is 3.90. The van der Waals surface area contributed by atoms with Gasteiger partial charge in [-0.1, -0.05) is 23.7 Å². The molecule has 10 heteroatoms. The number of amides is 2. The standard InChI is InChI=1S/C19H19ClFN3O4S/c1-29(27,28)22-17-5-3-2-4-15(17)19(26)24-10-8-23(9-11-24)18(25)14-7-6-13(21)12-16(14)20/h2-7,12,22H,8-11H2,1H3. The topological polar surface area (TPSA) is 86.8 Å². The van der Waals surface area contributed by atoms with Crippen LogP contribution in [0.3, 0.4) is 0 Å². The van der Waals surface area contributed by atoms with E-state index < -0.39 is 15.8 Å². The van der Waals surface area contributed by atoms with Gasteiger partial charge in [0.25, 0.3) is 11.8 Å². The van der Waals surface area contributed by atoms with Gasteiger partial charge in [0.05, 0.1) is 28.1 Å². The quantitative estimate of drug-likeness (QED) is 0.792. The monoisotopic (exact) mass is 439 g/mol.